The van der Waals surface area contributed by atoms with Crippen LogP contribution in [0.25, 0.3) is 0 Å². The van der Waals surface area contributed by atoms with Crippen molar-refractivity contribution in [1.82, 2.24) is 4.90 Å². The maximum absolute atomic E-state index is 5.50. The molecule has 0 saturated carbocycles. The highest BCUT2D eigenvalue weighted by Crippen LogP contribution is 2.19. The second-order valence-electron chi connectivity index (χ2n) is 4.41. The lowest BCUT2D eigenvalue weighted by molar-refractivity contribution is -0.111. The van der Waals surface area contributed by atoms with Crippen LogP contribution in [0.2, 0.25) is 0 Å². The van der Waals surface area contributed by atoms with Gasteiger partial charge in [0.25, 0.3) is 0 Å². The molecule has 2 heteroatoms. The van der Waals surface area contributed by atoms with Gasteiger partial charge in [-0.2, -0.15) is 0 Å². The quantitative estimate of drug-likeness (QED) is 0.655. The van der Waals surface area contributed by atoms with Crippen LogP contribution in [0.4, 0.5) is 0 Å². The van der Waals surface area contributed by atoms with E-state index in [1.165, 1.54) is 45.2 Å². The summed E-state index contributed by atoms with van der Waals surface area (Å²) in [5.41, 5.74) is -0.0721. The molecule has 0 bridgehead atoms. The van der Waals surface area contributed by atoms with Crippen LogP contribution in [0.3, 0.4) is 0 Å². The van der Waals surface area contributed by atoms with E-state index in [4.69, 9.17) is 4.74 Å². The first-order valence-electron chi connectivity index (χ1n) is 5.47. The first-order chi connectivity index (χ1) is 6.17. The summed E-state index contributed by atoms with van der Waals surface area (Å²) in [6.45, 7) is 6.71. The Kier molecular flexibility index (Phi) is 4.20. The molecule has 78 valence electrons. The first-order valence-corrected chi connectivity index (χ1v) is 5.47. The van der Waals surface area contributed by atoms with E-state index in [0.717, 1.165) is 0 Å². The van der Waals surface area contributed by atoms with E-state index < -0.39 is 0 Å². The van der Waals surface area contributed by atoms with Gasteiger partial charge >= 0.3 is 0 Å². The summed E-state index contributed by atoms with van der Waals surface area (Å²) in [7, 11) is 1.80. The van der Waals surface area contributed by atoms with Gasteiger partial charge in [0.1, 0.15) is 5.72 Å². The molecule has 0 aromatic heterocycles. The Hall–Kier alpha value is -0.0800. The zero-order valence-electron chi connectivity index (χ0n) is 9.31. The zero-order chi connectivity index (χ0) is 9.73. The Morgan fingerprint density at radius 1 is 0.923 bits per heavy atom. The molecular formula is C11H23NO. The van der Waals surface area contributed by atoms with Gasteiger partial charge in [-0.1, -0.05) is 19.3 Å². The van der Waals surface area contributed by atoms with Gasteiger partial charge in [0, 0.05) is 20.2 Å². The molecule has 0 amide bonds. The van der Waals surface area contributed by atoms with Crippen molar-refractivity contribution in [3.05, 3.63) is 0 Å². The van der Waals surface area contributed by atoms with Crippen molar-refractivity contribution in [2.24, 2.45) is 0 Å². The second kappa shape index (κ2) is 4.97. The lowest BCUT2D eigenvalue weighted by atomic mass is 10.1. The third-order valence-electron chi connectivity index (χ3n) is 3.12. The van der Waals surface area contributed by atoms with Gasteiger partial charge in [-0.25, -0.2) is 0 Å². The minimum atomic E-state index is -0.0721. The molecule has 1 heterocycles. The molecule has 0 spiro atoms. The van der Waals surface area contributed by atoms with E-state index in [0.29, 0.717) is 0 Å². The molecule has 1 saturated heterocycles. The predicted molar refractivity (Wildman–Crippen MR) is 55.7 cm³/mol. The predicted octanol–water partition coefficient (Wildman–Crippen LogP) is 2.64. The molecule has 1 fully saturated rings. The summed E-state index contributed by atoms with van der Waals surface area (Å²) in [5, 5.41) is 0. The largest absolute Gasteiger partial charge is 0.364 e. The van der Waals surface area contributed by atoms with Gasteiger partial charge in [-0.05, 0) is 26.7 Å². The average molecular weight is 185 g/mol. The van der Waals surface area contributed by atoms with E-state index >= 15 is 0 Å². The topological polar surface area (TPSA) is 12.5 Å². The Morgan fingerprint density at radius 3 is 1.85 bits per heavy atom. The summed E-state index contributed by atoms with van der Waals surface area (Å²) in [5.74, 6) is 0. The van der Waals surface area contributed by atoms with Crippen LogP contribution in [0.1, 0.15) is 46.0 Å². The molecule has 0 aliphatic carbocycles. The Labute approximate surface area is 82.3 Å². The molecule has 0 aromatic carbocycles. The van der Waals surface area contributed by atoms with Crippen LogP contribution in [0, 0.1) is 0 Å². The van der Waals surface area contributed by atoms with Crippen LogP contribution in [-0.4, -0.2) is 30.8 Å². The van der Waals surface area contributed by atoms with Crippen molar-refractivity contribution in [2.75, 3.05) is 20.2 Å². The van der Waals surface area contributed by atoms with Gasteiger partial charge in [0.15, 0.2) is 0 Å². The van der Waals surface area contributed by atoms with Gasteiger partial charge in [0.05, 0.1) is 0 Å². The minimum Gasteiger partial charge on any atom is -0.364 e. The van der Waals surface area contributed by atoms with Crippen molar-refractivity contribution in [3.63, 3.8) is 0 Å². The fraction of sp³-hybridized carbons (Fsp3) is 1.00. The smallest absolute Gasteiger partial charge is 0.115 e. The number of hydrogen-bond acceptors (Lipinski definition) is 2. The highest BCUT2D eigenvalue weighted by Gasteiger charge is 2.25. The summed E-state index contributed by atoms with van der Waals surface area (Å²) in [4.78, 5) is 2.46. The third kappa shape index (κ3) is 3.28. The lowest BCUT2D eigenvalue weighted by Crippen LogP contribution is -2.46. The van der Waals surface area contributed by atoms with Crippen molar-refractivity contribution < 1.29 is 4.74 Å². The molecule has 0 unspecified atom stereocenters. The minimum absolute atomic E-state index is 0.0721. The number of nitrogens with zero attached hydrogens (tertiary/aromatic N) is 1. The van der Waals surface area contributed by atoms with Crippen molar-refractivity contribution >= 4 is 0 Å². The zero-order valence-corrected chi connectivity index (χ0v) is 9.31. The van der Waals surface area contributed by atoms with Crippen LogP contribution in [0.5, 0.6) is 0 Å². The molecule has 1 aliphatic heterocycles. The van der Waals surface area contributed by atoms with Crippen molar-refractivity contribution in [1.29, 1.82) is 0 Å². The molecule has 0 aromatic rings. The van der Waals surface area contributed by atoms with Crippen molar-refractivity contribution in [3.8, 4) is 0 Å². The lowest BCUT2D eigenvalue weighted by Gasteiger charge is -2.38. The number of hydrogen-bond donors (Lipinski definition) is 0. The normalized spacial score (nSPS) is 22.4. The molecular weight excluding hydrogens is 162 g/mol. The second-order valence-corrected chi connectivity index (χ2v) is 4.41. The highest BCUT2D eigenvalue weighted by atomic mass is 16.5. The maximum atomic E-state index is 5.50. The van der Waals surface area contributed by atoms with Gasteiger partial charge in [0.2, 0.25) is 0 Å². The van der Waals surface area contributed by atoms with E-state index in [1.807, 2.05) is 0 Å². The number of ether oxygens (including phenoxy) is 1. The van der Waals surface area contributed by atoms with Crippen LogP contribution in [0.15, 0.2) is 0 Å². The number of likely N-dealkylation sites (tertiary alicyclic amines) is 1. The van der Waals surface area contributed by atoms with Crippen molar-refractivity contribution in [2.45, 2.75) is 51.7 Å². The standard InChI is InChI=1S/C11H23NO/c1-11(2,13-3)12-9-7-5-4-6-8-10-12/h4-10H2,1-3H3. The van der Waals surface area contributed by atoms with Gasteiger partial charge in [-0.3, -0.25) is 4.90 Å². The monoisotopic (exact) mass is 185 g/mol. The third-order valence-corrected chi connectivity index (χ3v) is 3.12. The fourth-order valence-corrected chi connectivity index (χ4v) is 1.92. The van der Waals surface area contributed by atoms with E-state index in [-0.39, 0.29) is 5.72 Å². The van der Waals surface area contributed by atoms with Crippen LogP contribution >= 0.6 is 0 Å². The SMILES string of the molecule is COC(C)(C)N1CCCCCCC1. The summed E-state index contributed by atoms with van der Waals surface area (Å²) in [6.07, 6.45) is 6.84. The number of rotatable bonds is 2. The molecule has 1 rings (SSSR count). The number of methoxy groups -OCH3 is 1. The van der Waals surface area contributed by atoms with Crippen LogP contribution < -0.4 is 0 Å². The average Bonchev–Trinajstić information content (AvgIpc) is 2.03. The Balaban J connectivity index is 2.45. The molecule has 1 aliphatic rings. The fourth-order valence-electron chi connectivity index (χ4n) is 1.92. The summed E-state index contributed by atoms with van der Waals surface area (Å²) in [6, 6.07) is 0. The van der Waals surface area contributed by atoms with E-state index in [2.05, 4.69) is 18.7 Å². The Morgan fingerprint density at radius 2 is 1.38 bits per heavy atom. The molecule has 2 nitrogen and oxygen atoms in total. The summed E-state index contributed by atoms with van der Waals surface area (Å²) < 4.78 is 5.50. The van der Waals surface area contributed by atoms with Gasteiger partial charge in [-0.15, -0.1) is 0 Å². The van der Waals surface area contributed by atoms with Crippen LogP contribution in [-0.2, 0) is 4.74 Å². The van der Waals surface area contributed by atoms with Gasteiger partial charge < -0.3 is 4.74 Å². The van der Waals surface area contributed by atoms with E-state index in [9.17, 15) is 0 Å². The molecule has 0 N–H and O–H groups in total. The highest BCUT2D eigenvalue weighted by molar-refractivity contribution is 4.72. The Bertz CT molecular complexity index is 137. The molecule has 0 atom stereocenters. The first kappa shape index (κ1) is 11.0. The molecule has 13 heavy (non-hydrogen) atoms. The van der Waals surface area contributed by atoms with E-state index in [1.54, 1.807) is 7.11 Å². The maximum Gasteiger partial charge on any atom is 0.115 e. The molecule has 0 radical (unpaired) electrons. The summed E-state index contributed by atoms with van der Waals surface area (Å²) >= 11 is 0.